The standard InChI is InChI=1S/C27H37N5O/c1-20(22-9-5-4-6-10-22)32-27(14-17-33-18-15-27)19-30-26(28-3)29-16-13-23-21(2)31-25-12-8-7-11-24(23)25/h4-12,20,31-32H,13-19H2,1-3H3,(H2,28,29,30). The Bertz CT molecular complexity index is 1050. The molecule has 0 aliphatic carbocycles. The highest BCUT2D eigenvalue weighted by Crippen LogP contribution is 2.25. The molecule has 1 aliphatic heterocycles. The first-order valence-corrected chi connectivity index (χ1v) is 12.0. The van der Waals surface area contributed by atoms with Crippen molar-refractivity contribution in [3.63, 3.8) is 0 Å². The van der Waals surface area contributed by atoms with Crippen LogP contribution in [0.4, 0.5) is 0 Å². The molecule has 0 bridgehead atoms. The molecule has 1 saturated heterocycles. The molecule has 4 rings (SSSR count). The van der Waals surface area contributed by atoms with Gasteiger partial charge in [0.25, 0.3) is 0 Å². The van der Waals surface area contributed by atoms with Crippen molar-refractivity contribution < 1.29 is 4.74 Å². The Hall–Kier alpha value is -2.83. The lowest BCUT2D eigenvalue weighted by molar-refractivity contribution is 0.0355. The van der Waals surface area contributed by atoms with Gasteiger partial charge in [-0.1, -0.05) is 48.5 Å². The number of guanidine groups is 1. The predicted molar refractivity (Wildman–Crippen MR) is 137 cm³/mol. The molecule has 2 heterocycles. The van der Waals surface area contributed by atoms with Gasteiger partial charge in [-0.05, 0) is 50.3 Å². The van der Waals surface area contributed by atoms with Gasteiger partial charge in [0.05, 0.1) is 0 Å². The van der Waals surface area contributed by atoms with Gasteiger partial charge in [0.15, 0.2) is 5.96 Å². The topological polar surface area (TPSA) is 73.5 Å². The minimum absolute atomic E-state index is 0.0292. The highest BCUT2D eigenvalue weighted by Gasteiger charge is 2.34. The molecule has 6 heteroatoms. The second-order valence-electron chi connectivity index (χ2n) is 9.05. The number of hydrogen-bond acceptors (Lipinski definition) is 3. The minimum atomic E-state index is -0.0292. The van der Waals surface area contributed by atoms with Crippen LogP contribution >= 0.6 is 0 Å². The van der Waals surface area contributed by atoms with Gasteiger partial charge in [-0.2, -0.15) is 0 Å². The first-order valence-electron chi connectivity index (χ1n) is 12.0. The van der Waals surface area contributed by atoms with Crippen LogP contribution in [-0.4, -0.2) is 49.8 Å². The Morgan fingerprint density at radius 1 is 1.06 bits per heavy atom. The molecule has 0 spiro atoms. The van der Waals surface area contributed by atoms with Gasteiger partial charge >= 0.3 is 0 Å². The van der Waals surface area contributed by atoms with Gasteiger partial charge in [0, 0.05) is 61.5 Å². The largest absolute Gasteiger partial charge is 0.381 e. The Morgan fingerprint density at radius 3 is 2.55 bits per heavy atom. The zero-order valence-electron chi connectivity index (χ0n) is 20.1. The highest BCUT2D eigenvalue weighted by molar-refractivity contribution is 5.84. The molecule has 1 atom stereocenters. The van der Waals surface area contributed by atoms with Crippen LogP contribution in [0.25, 0.3) is 10.9 Å². The van der Waals surface area contributed by atoms with Crippen LogP contribution in [0.15, 0.2) is 59.6 Å². The number of rotatable bonds is 8. The van der Waals surface area contributed by atoms with Crippen molar-refractivity contribution in [2.45, 2.75) is 44.7 Å². The quantitative estimate of drug-likeness (QED) is 0.310. The predicted octanol–water partition coefficient (Wildman–Crippen LogP) is 4.08. The minimum Gasteiger partial charge on any atom is -0.381 e. The molecule has 1 unspecified atom stereocenters. The lowest BCUT2D eigenvalue weighted by Gasteiger charge is -2.41. The lowest BCUT2D eigenvalue weighted by Crippen LogP contribution is -2.58. The van der Waals surface area contributed by atoms with E-state index in [0.717, 1.165) is 51.5 Å². The molecule has 0 saturated carbocycles. The zero-order valence-corrected chi connectivity index (χ0v) is 20.1. The SMILES string of the molecule is CN=C(NCCc1c(C)[nH]c2ccccc12)NCC1(NC(C)c2ccccc2)CCOCC1. The van der Waals surface area contributed by atoms with Gasteiger partial charge in [-0.25, -0.2) is 0 Å². The van der Waals surface area contributed by atoms with Crippen LogP contribution in [0.2, 0.25) is 0 Å². The first-order chi connectivity index (χ1) is 16.1. The van der Waals surface area contributed by atoms with E-state index in [-0.39, 0.29) is 11.6 Å². The number of aliphatic imine (C=N–C) groups is 1. The number of nitrogens with one attached hydrogen (secondary N) is 4. The summed E-state index contributed by atoms with van der Waals surface area (Å²) in [6.07, 6.45) is 2.89. The second kappa shape index (κ2) is 10.9. The molecular formula is C27H37N5O. The van der Waals surface area contributed by atoms with E-state index in [1.54, 1.807) is 0 Å². The van der Waals surface area contributed by atoms with Crippen molar-refractivity contribution >= 4 is 16.9 Å². The lowest BCUT2D eigenvalue weighted by atomic mass is 9.88. The maximum atomic E-state index is 5.68. The molecule has 1 fully saturated rings. The van der Waals surface area contributed by atoms with E-state index >= 15 is 0 Å². The van der Waals surface area contributed by atoms with Crippen molar-refractivity contribution in [3.05, 3.63) is 71.4 Å². The molecule has 33 heavy (non-hydrogen) atoms. The fraction of sp³-hybridized carbons (Fsp3) is 0.444. The summed E-state index contributed by atoms with van der Waals surface area (Å²) < 4.78 is 5.68. The Morgan fingerprint density at radius 2 is 1.79 bits per heavy atom. The molecule has 4 N–H and O–H groups in total. The van der Waals surface area contributed by atoms with Gasteiger partial charge in [-0.3, -0.25) is 4.99 Å². The van der Waals surface area contributed by atoms with Crippen LogP contribution in [0.3, 0.4) is 0 Å². The maximum Gasteiger partial charge on any atom is 0.191 e. The molecule has 0 amide bonds. The van der Waals surface area contributed by atoms with Crippen molar-refractivity contribution in [2.75, 3.05) is 33.4 Å². The van der Waals surface area contributed by atoms with Crippen LogP contribution in [0.1, 0.15) is 42.6 Å². The maximum absolute atomic E-state index is 5.68. The smallest absolute Gasteiger partial charge is 0.191 e. The third-order valence-corrected chi connectivity index (χ3v) is 6.78. The number of aromatic nitrogens is 1. The van der Waals surface area contributed by atoms with Crippen molar-refractivity contribution in [1.82, 2.24) is 20.9 Å². The van der Waals surface area contributed by atoms with Crippen LogP contribution in [0, 0.1) is 6.92 Å². The van der Waals surface area contributed by atoms with E-state index in [0.29, 0.717) is 0 Å². The molecule has 2 aromatic carbocycles. The number of hydrogen-bond donors (Lipinski definition) is 4. The number of fused-ring (bicyclic) bond motifs is 1. The number of aryl methyl sites for hydroxylation is 1. The third-order valence-electron chi connectivity index (χ3n) is 6.78. The highest BCUT2D eigenvalue weighted by atomic mass is 16.5. The summed E-state index contributed by atoms with van der Waals surface area (Å²) in [6.45, 7) is 7.58. The van der Waals surface area contributed by atoms with E-state index in [1.807, 2.05) is 7.05 Å². The number of ether oxygens (including phenoxy) is 1. The molecule has 1 aliphatic rings. The number of para-hydroxylation sites is 1. The number of nitrogens with zero attached hydrogens (tertiary/aromatic N) is 1. The second-order valence-corrected chi connectivity index (χ2v) is 9.05. The summed E-state index contributed by atoms with van der Waals surface area (Å²) in [5.74, 6) is 0.840. The van der Waals surface area contributed by atoms with E-state index in [2.05, 4.69) is 94.4 Å². The fourth-order valence-corrected chi connectivity index (χ4v) is 4.85. The average Bonchev–Trinajstić information content (AvgIpc) is 3.17. The first kappa shape index (κ1) is 23.3. The van der Waals surface area contributed by atoms with Crippen molar-refractivity contribution in [1.29, 1.82) is 0 Å². The summed E-state index contributed by atoms with van der Waals surface area (Å²) in [5, 5.41) is 12.3. The fourth-order valence-electron chi connectivity index (χ4n) is 4.85. The summed E-state index contributed by atoms with van der Waals surface area (Å²) in [7, 11) is 1.84. The zero-order chi connectivity index (χ0) is 23.1. The van der Waals surface area contributed by atoms with Crippen LogP contribution < -0.4 is 16.0 Å². The number of aromatic amines is 1. The molecule has 6 nitrogen and oxygen atoms in total. The van der Waals surface area contributed by atoms with E-state index < -0.39 is 0 Å². The average molecular weight is 448 g/mol. The summed E-state index contributed by atoms with van der Waals surface area (Å²) in [5.41, 5.74) is 5.08. The van der Waals surface area contributed by atoms with E-state index in [1.165, 1.54) is 27.7 Å². The van der Waals surface area contributed by atoms with Gasteiger partial charge in [0.1, 0.15) is 0 Å². The Labute approximate surface area is 197 Å². The molecule has 1 aromatic heterocycles. The molecular weight excluding hydrogens is 410 g/mol. The summed E-state index contributed by atoms with van der Waals surface area (Å²) >= 11 is 0. The number of H-pyrrole nitrogens is 1. The molecule has 176 valence electrons. The Balaban J connectivity index is 1.35. The van der Waals surface area contributed by atoms with Crippen LogP contribution in [-0.2, 0) is 11.2 Å². The Kier molecular flexibility index (Phi) is 7.68. The summed E-state index contributed by atoms with van der Waals surface area (Å²) in [6, 6.07) is 19.4. The van der Waals surface area contributed by atoms with Gasteiger partial charge in [0.2, 0.25) is 0 Å². The van der Waals surface area contributed by atoms with Gasteiger partial charge < -0.3 is 25.7 Å². The van der Waals surface area contributed by atoms with E-state index in [9.17, 15) is 0 Å². The van der Waals surface area contributed by atoms with Crippen molar-refractivity contribution in [2.24, 2.45) is 4.99 Å². The van der Waals surface area contributed by atoms with Crippen LogP contribution in [0.5, 0.6) is 0 Å². The third kappa shape index (κ3) is 5.75. The van der Waals surface area contributed by atoms with Crippen molar-refractivity contribution in [3.8, 4) is 0 Å². The van der Waals surface area contributed by atoms with E-state index in [4.69, 9.17) is 4.74 Å². The summed E-state index contributed by atoms with van der Waals surface area (Å²) in [4.78, 5) is 7.96. The monoisotopic (exact) mass is 447 g/mol. The number of benzene rings is 2. The molecule has 3 aromatic rings. The normalized spacial score (nSPS) is 17.1. The molecule has 0 radical (unpaired) electrons. The van der Waals surface area contributed by atoms with Gasteiger partial charge in [-0.15, -0.1) is 0 Å².